The number of piperazine rings is 1. The Bertz CT molecular complexity index is 998. The molecule has 0 saturated carbocycles. The highest BCUT2D eigenvalue weighted by Crippen LogP contribution is 2.24. The molecule has 5 rings (SSSR count). The average Bonchev–Trinajstić information content (AvgIpc) is 3.17. The van der Waals surface area contributed by atoms with Gasteiger partial charge in [-0.05, 0) is 41.8 Å². The summed E-state index contributed by atoms with van der Waals surface area (Å²) in [6.45, 7) is 6.37. The SMILES string of the molecule is O=C1CCCc2c1ccn2CCN1CCN(c2ccc3ccccc3c2)CC1. The zero-order valence-corrected chi connectivity index (χ0v) is 16.3. The van der Waals surface area contributed by atoms with Crippen molar-refractivity contribution in [2.24, 2.45) is 0 Å². The van der Waals surface area contributed by atoms with Crippen molar-refractivity contribution < 1.29 is 4.79 Å². The highest BCUT2D eigenvalue weighted by atomic mass is 16.1. The van der Waals surface area contributed by atoms with E-state index in [1.807, 2.05) is 6.07 Å². The Kier molecular flexibility index (Phi) is 4.65. The summed E-state index contributed by atoms with van der Waals surface area (Å²) >= 11 is 0. The van der Waals surface area contributed by atoms with E-state index in [1.165, 1.54) is 22.2 Å². The van der Waals surface area contributed by atoms with E-state index in [4.69, 9.17) is 0 Å². The number of carbonyl (C=O) groups excluding carboxylic acids is 1. The molecular weight excluding hydrogens is 346 g/mol. The van der Waals surface area contributed by atoms with Crippen LogP contribution in [0.25, 0.3) is 10.8 Å². The van der Waals surface area contributed by atoms with E-state index in [1.54, 1.807) is 0 Å². The summed E-state index contributed by atoms with van der Waals surface area (Å²) in [7, 11) is 0. The van der Waals surface area contributed by atoms with Crippen molar-refractivity contribution in [3.63, 3.8) is 0 Å². The maximum absolute atomic E-state index is 12.0. The molecule has 4 heteroatoms. The minimum atomic E-state index is 0.323. The van der Waals surface area contributed by atoms with E-state index in [2.05, 4.69) is 63.0 Å². The van der Waals surface area contributed by atoms with Crippen LogP contribution in [-0.2, 0) is 13.0 Å². The van der Waals surface area contributed by atoms with Gasteiger partial charge in [0, 0.05) is 68.8 Å². The summed E-state index contributed by atoms with van der Waals surface area (Å²) < 4.78 is 2.31. The lowest BCUT2D eigenvalue weighted by molar-refractivity contribution is 0.0971. The third kappa shape index (κ3) is 3.33. The second kappa shape index (κ2) is 7.44. The minimum Gasteiger partial charge on any atom is -0.369 e. The van der Waals surface area contributed by atoms with Crippen LogP contribution in [0.3, 0.4) is 0 Å². The molecule has 1 fully saturated rings. The zero-order chi connectivity index (χ0) is 18.9. The van der Waals surface area contributed by atoms with Crippen LogP contribution in [0.5, 0.6) is 0 Å². The first-order valence-electron chi connectivity index (χ1n) is 10.5. The fourth-order valence-corrected chi connectivity index (χ4v) is 4.65. The van der Waals surface area contributed by atoms with Crippen molar-refractivity contribution >= 4 is 22.2 Å². The van der Waals surface area contributed by atoms with Gasteiger partial charge in [0.2, 0.25) is 0 Å². The van der Waals surface area contributed by atoms with Crippen LogP contribution < -0.4 is 4.90 Å². The van der Waals surface area contributed by atoms with Crippen LogP contribution in [0.1, 0.15) is 28.9 Å². The molecule has 0 radical (unpaired) electrons. The van der Waals surface area contributed by atoms with Crippen molar-refractivity contribution in [1.29, 1.82) is 0 Å². The van der Waals surface area contributed by atoms with Gasteiger partial charge in [0.15, 0.2) is 5.78 Å². The standard InChI is InChI=1S/C24H27N3O/c28-24-7-3-6-23-22(24)10-11-27(23)17-14-25-12-15-26(16-13-25)21-9-8-19-4-1-2-5-20(19)18-21/h1-2,4-5,8-11,18H,3,6-7,12-17H2. The number of Topliss-reactive ketones (excluding diaryl/α,β-unsaturated/α-hetero) is 1. The first-order chi connectivity index (χ1) is 13.8. The number of fused-ring (bicyclic) bond motifs is 2. The predicted octanol–water partition coefficient (Wildman–Crippen LogP) is 3.98. The molecular formula is C24H27N3O. The van der Waals surface area contributed by atoms with Crippen LogP contribution in [0, 0.1) is 0 Å². The highest BCUT2D eigenvalue weighted by molar-refractivity contribution is 5.98. The Morgan fingerprint density at radius 2 is 1.64 bits per heavy atom. The topological polar surface area (TPSA) is 28.5 Å². The summed E-state index contributed by atoms with van der Waals surface area (Å²) in [5.74, 6) is 0.323. The Hall–Kier alpha value is -2.59. The van der Waals surface area contributed by atoms with E-state index in [9.17, 15) is 4.79 Å². The van der Waals surface area contributed by atoms with E-state index >= 15 is 0 Å². The van der Waals surface area contributed by atoms with Gasteiger partial charge in [-0.1, -0.05) is 30.3 Å². The van der Waals surface area contributed by atoms with E-state index < -0.39 is 0 Å². The van der Waals surface area contributed by atoms with E-state index in [0.29, 0.717) is 12.2 Å². The van der Waals surface area contributed by atoms with Gasteiger partial charge in [-0.3, -0.25) is 9.69 Å². The molecule has 28 heavy (non-hydrogen) atoms. The molecule has 0 unspecified atom stereocenters. The Morgan fingerprint density at radius 3 is 2.50 bits per heavy atom. The third-order valence-corrected chi connectivity index (χ3v) is 6.32. The zero-order valence-electron chi connectivity index (χ0n) is 16.3. The summed E-state index contributed by atoms with van der Waals surface area (Å²) in [4.78, 5) is 17.1. The predicted molar refractivity (Wildman–Crippen MR) is 114 cm³/mol. The molecule has 2 aromatic carbocycles. The van der Waals surface area contributed by atoms with Gasteiger partial charge < -0.3 is 9.47 Å². The molecule has 0 N–H and O–H groups in total. The van der Waals surface area contributed by atoms with Crippen LogP contribution >= 0.6 is 0 Å². The molecule has 2 aliphatic rings. The molecule has 0 atom stereocenters. The number of hydrogen-bond donors (Lipinski definition) is 0. The molecule has 0 spiro atoms. The first kappa shape index (κ1) is 17.5. The smallest absolute Gasteiger partial charge is 0.164 e. The maximum Gasteiger partial charge on any atom is 0.164 e. The maximum atomic E-state index is 12.0. The first-order valence-corrected chi connectivity index (χ1v) is 10.5. The molecule has 4 nitrogen and oxygen atoms in total. The molecule has 1 aromatic heterocycles. The number of nitrogens with zero attached hydrogens (tertiary/aromatic N) is 3. The molecule has 3 aromatic rings. The minimum absolute atomic E-state index is 0.323. The number of ketones is 1. The second-order valence-corrected chi connectivity index (χ2v) is 8.01. The van der Waals surface area contributed by atoms with Crippen LogP contribution in [0.15, 0.2) is 54.7 Å². The number of hydrogen-bond acceptors (Lipinski definition) is 3. The fourth-order valence-electron chi connectivity index (χ4n) is 4.65. The molecule has 1 aliphatic heterocycles. The number of carbonyl (C=O) groups is 1. The van der Waals surface area contributed by atoms with Crippen molar-refractivity contribution in [3.8, 4) is 0 Å². The van der Waals surface area contributed by atoms with Crippen molar-refractivity contribution in [1.82, 2.24) is 9.47 Å². The second-order valence-electron chi connectivity index (χ2n) is 8.01. The van der Waals surface area contributed by atoms with Crippen LogP contribution in [0.4, 0.5) is 5.69 Å². The van der Waals surface area contributed by atoms with Gasteiger partial charge in [0.1, 0.15) is 0 Å². The molecule has 2 heterocycles. The lowest BCUT2D eigenvalue weighted by atomic mass is 9.97. The van der Waals surface area contributed by atoms with Gasteiger partial charge in [-0.15, -0.1) is 0 Å². The third-order valence-electron chi connectivity index (χ3n) is 6.32. The van der Waals surface area contributed by atoms with Gasteiger partial charge in [-0.25, -0.2) is 0 Å². The molecule has 1 saturated heterocycles. The summed E-state index contributed by atoms with van der Waals surface area (Å²) in [5.41, 5.74) is 3.55. The average molecular weight is 374 g/mol. The quantitative estimate of drug-likeness (QED) is 0.692. The molecule has 144 valence electrons. The fraction of sp³-hybridized carbons (Fsp3) is 0.375. The molecule has 1 aliphatic carbocycles. The van der Waals surface area contributed by atoms with Crippen LogP contribution in [-0.4, -0.2) is 48.0 Å². The lowest BCUT2D eigenvalue weighted by Gasteiger charge is -2.36. The largest absolute Gasteiger partial charge is 0.369 e. The van der Waals surface area contributed by atoms with Gasteiger partial charge in [0.05, 0.1) is 0 Å². The van der Waals surface area contributed by atoms with E-state index in [-0.39, 0.29) is 0 Å². The summed E-state index contributed by atoms with van der Waals surface area (Å²) in [6, 6.07) is 17.4. The summed E-state index contributed by atoms with van der Waals surface area (Å²) in [6.07, 6.45) is 4.87. The Balaban J connectivity index is 1.19. The number of aromatic nitrogens is 1. The Morgan fingerprint density at radius 1 is 0.821 bits per heavy atom. The van der Waals surface area contributed by atoms with Crippen molar-refractivity contribution in [3.05, 3.63) is 66.0 Å². The molecule has 0 amide bonds. The molecule has 0 bridgehead atoms. The van der Waals surface area contributed by atoms with Gasteiger partial charge in [0.25, 0.3) is 0 Å². The Labute approximate surface area is 166 Å². The highest BCUT2D eigenvalue weighted by Gasteiger charge is 2.21. The normalized spacial score (nSPS) is 17.9. The van der Waals surface area contributed by atoms with Gasteiger partial charge >= 0.3 is 0 Å². The van der Waals surface area contributed by atoms with Crippen molar-refractivity contribution in [2.45, 2.75) is 25.8 Å². The van der Waals surface area contributed by atoms with Gasteiger partial charge in [-0.2, -0.15) is 0 Å². The van der Waals surface area contributed by atoms with Crippen molar-refractivity contribution in [2.75, 3.05) is 37.6 Å². The summed E-state index contributed by atoms with van der Waals surface area (Å²) in [5, 5.41) is 2.62. The number of rotatable bonds is 4. The number of benzene rings is 2. The number of anilines is 1. The van der Waals surface area contributed by atoms with Crippen LogP contribution in [0.2, 0.25) is 0 Å². The monoisotopic (exact) mass is 373 g/mol. The lowest BCUT2D eigenvalue weighted by Crippen LogP contribution is -2.47. The van der Waals surface area contributed by atoms with E-state index in [0.717, 1.165) is 57.7 Å².